The van der Waals surface area contributed by atoms with Crippen molar-refractivity contribution in [3.63, 3.8) is 0 Å². The van der Waals surface area contributed by atoms with Crippen molar-refractivity contribution in [3.05, 3.63) is 166 Å². The number of amides is 2. The van der Waals surface area contributed by atoms with E-state index in [0.717, 1.165) is 42.7 Å². The number of hydrogen-bond acceptors (Lipinski definition) is 6. The molecule has 296 valence electrons. The number of rotatable bonds is 15. The standard InChI is InChI=1S/C29H33F2N3O3.C15H15F2NO/c1-4-10-34(11-5-2)29(37)22-13-19(3)12-21(17-22)28(36)33-26(27(35)25-8-6-7-9-32-25)16-20-14-23(30)18-24(31)15-20;1-10(15(19)14-4-2-3-5-18-14)6-11-7-12(16)9-13(17)8-11/h6-9,12-15,17-18,26-27,35H,4-5,10-11,16H2,1-3H3,(H,33,36);2-5,7-10,15,19H,6H2,1H3/t26-,27?;10-,15?/m00/s1. The Morgan fingerprint density at radius 3 is 1.64 bits per heavy atom. The second kappa shape index (κ2) is 21.0. The maximum atomic E-state index is 13.8. The second-order valence-corrected chi connectivity index (χ2v) is 13.8. The van der Waals surface area contributed by atoms with Gasteiger partial charge >= 0.3 is 0 Å². The number of aryl methyl sites for hydroxylation is 1. The SMILES string of the molecule is CCCN(CCC)C(=O)c1cc(C)cc(C(=O)N[C@@H](Cc2cc(F)cc(F)c2)C(O)c2ccccn2)c1.C[C@@H](Cc1cc(F)cc(F)c1)C(O)c1ccccn1. The molecule has 0 radical (unpaired) electrons. The zero-order valence-electron chi connectivity index (χ0n) is 31.9. The topological polar surface area (TPSA) is 116 Å². The highest BCUT2D eigenvalue weighted by molar-refractivity contribution is 6.00. The highest BCUT2D eigenvalue weighted by Gasteiger charge is 2.26. The molecule has 2 unspecified atom stereocenters. The van der Waals surface area contributed by atoms with E-state index < -0.39 is 47.4 Å². The van der Waals surface area contributed by atoms with Crippen LogP contribution in [0.15, 0.2) is 103 Å². The summed E-state index contributed by atoms with van der Waals surface area (Å²) in [4.78, 5) is 36.5. The number of carbonyl (C=O) groups excluding carboxylic acids is 2. The van der Waals surface area contributed by atoms with Crippen molar-refractivity contribution in [3.8, 4) is 0 Å². The van der Waals surface area contributed by atoms with E-state index in [-0.39, 0.29) is 29.4 Å². The Balaban J connectivity index is 0.000000306. The van der Waals surface area contributed by atoms with Crippen LogP contribution in [0.3, 0.4) is 0 Å². The molecule has 0 saturated carbocycles. The summed E-state index contributed by atoms with van der Waals surface area (Å²) in [5.74, 6) is -3.56. The Labute approximate surface area is 325 Å². The van der Waals surface area contributed by atoms with E-state index in [1.165, 1.54) is 24.4 Å². The normalized spacial score (nSPS) is 13.1. The fourth-order valence-electron chi connectivity index (χ4n) is 6.36. The number of aromatic nitrogens is 2. The number of carbonyl (C=O) groups is 2. The molecule has 3 aromatic carbocycles. The first-order valence-electron chi connectivity index (χ1n) is 18.6. The summed E-state index contributed by atoms with van der Waals surface area (Å²) in [7, 11) is 0. The van der Waals surface area contributed by atoms with Crippen LogP contribution in [0.2, 0.25) is 0 Å². The van der Waals surface area contributed by atoms with Crippen LogP contribution >= 0.6 is 0 Å². The van der Waals surface area contributed by atoms with Gasteiger partial charge in [-0.25, -0.2) is 17.6 Å². The van der Waals surface area contributed by atoms with E-state index in [9.17, 15) is 37.4 Å². The zero-order chi connectivity index (χ0) is 40.8. The van der Waals surface area contributed by atoms with Crippen molar-refractivity contribution < 1.29 is 37.4 Å². The van der Waals surface area contributed by atoms with E-state index >= 15 is 0 Å². The minimum Gasteiger partial charge on any atom is -0.387 e. The molecular weight excluding hydrogens is 724 g/mol. The van der Waals surface area contributed by atoms with Gasteiger partial charge in [-0.2, -0.15) is 0 Å². The first-order valence-corrected chi connectivity index (χ1v) is 18.6. The number of nitrogens with zero attached hydrogens (tertiary/aromatic N) is 3. The maximum Gasteiger partial charge on any atom is 0.253 e. The molecule has 2 amide bonds. The van der Waals surface area contributed by atoms with Gasteiger partial charge in [0.25, 0.3) is 11.8 Å². The molecule has 8 nitrogen and oxygen atoms in total. The Morgan fingerprint density at radius 1 is 0.679 bits per heavy atom. The van der Waals surface area contributed by atoms with Gasteiger partial charge in [0.2, 0.25) is 0 Å². The summed E-state index contributed by atoms with van der Waals surface area (Å²) in [6.45, 7) is 8.86. The molecule has 56 heavy (non-hydrogen) atoms. The lowest BCUT2D eigenvalue weighted by Crippen LogP contribution is -2.41. The van der Waals surface area contributed by atoms with E-state index in [0.29, 0.717) is 42.0 Å². The quantitative estimate of drug-likeness (QED) is 0.0924. The van der Waals surface area contributed by atoms with Crippen LogP contribution in [-0.4, -0.2) is 56.0 Å². The first-order chi connectivity index (χ1) is 26.8. The minimum atomic E-state index is -1.24. The Bertz CT molecular complexity index is 1990. The number of pyridine rings is 2. The molecule has 3 N–H and O–H groups in total. The van der Waals surface area contributed by atoms with Gasteiger partial charge in [-0.3, -0.25) is 19.6 Å². The fourth-order valence-corrected chi connectivity index (χ4v) is 6.36. The minimum absolute atomic E-state index is 0.0451. The zero-order valence-corrected chi connectivity index (χ0v) is 31.9. The van der Waals surface area contributed by atoms with Crippen molar-refractivity contribution in [2.75, 3.05) is 13.1 Å². The summed E-state index contributed by atoms with van der Waals surface area (Å²) < 4.78 is 53.8. The lowest BCUT2D eigenvalue weighted by molar-refractivity contribution is 0.0755. The van der Waals surface area contributed by atoms with Gasteiger partial charge in [0, 0.05) is 48.7 Å². The van der Waals surface area contributed by atoms with Crippen molar-refractivity contribution in [1.82, 2.24) is 20.2 Å². The molecular formula is C44H48F4N4O4. The highest BCUT2D eigenvalue weighted by Crippen LogP contribution is 2.25. The van der Waals surface area contributed by atoms with Crippen molar-refractivity contribution in [2.45, 2.75) is 71.6 Å². The molecule has 5 aromatic rings. The molecule has 4 atom stereocenters. The van der Waals surface area contributed by atoms with Gasteiger partial charge < -0.3 is 20.4 Å². The van der Waals surface area contributed by atoms with Gasteiger partial charge in [-0.15, -0.1) is 0 Å². The summed E-state index contributed by atoms with van der Waals surface area (Å²) in [6.07, 6.45) is 3.09. The largest absolute Gasteiger partial charge is 0.387 e. The molecule has 0 aliphatic rings. The molecule has 0 fully saturated rings. The Morgan fingerprint density at radius 2 is 1.16 bits per heavy atom. The molecule has 0 spiro atoms. The molecule has 2 heterocycles. The van der Waals surface area contributed by atoms with Gasteiger partial charge in [-0.05, 0) is 122 Å². The summed E-state index contributed by atoms with van der Waals surface area (Å²) in [6, 6.07) is 20.8. The van der Waals surface area contributed by atoms with E-state index in [2.05, 4.69) is 15.3 Å². The van der Waals surface area contributed by atoms with E-state index in [1.54, 1.807) is 66.6 Å². The molecule has 0 saturated heterocycles. The van der Waals surface area contributed by atoms with Crippen LogP contribution in [0.1, 0.15) is 94.6 Å². The average Bonchev–Trinajstić information content (AvgIpc) is 3.16. The van der Waals surface area contributed by atoms with Crippen LogP contribution in [0.4, 0.5) is 17.6 Å². The highest BCUT2D eigenvalue weighted by atomic mass is 19.1. The predicted octanol–water partition coefficient (Wildman–Crippen LogP) is 8.28. The summed E-state index contributed by atoms with van der Waals surface area (Å²) >= 11 is 0. The van der Waals surface area contributed by atoms with Gasteiger partial charge in [0.1, 0.15) is 29.4 Å². The third-order valence-corrected chi connectivity index (χ3v) is 8.94. The number of nitrogens with one attached hydrogen (secondary N) is 1. The van der Waals surface area contributed by atoms with Crippen molar-refractivity contribution in [1.29, 1.82) is 0 Å². The molecule has 0 aliphatic heterocycles. The molecule has 0 aliphatic carbocycles. The monoisotopic (exact) mass is 772 g/mol. The van der Waals surface area contributed by atoms with Gasteiger partial charge in [0.05, 0.1) is 23.5 Å². The van der Waals surface area contributed by atoms with Crippen LogP contribution in [0.5, 0.6) is 0 Å². The molecule has 2 aromatic heterocycles. The average molecular weight is 773 g/mol. The van der Waals surface area contributed by atoms with E-state index in [4.69, 9.17) is 0 Å². The van der Waals surface area contributed by atoms with Crippen molar-refractivity contribution >= 4 is 11.8 Å². The Kier molecular flexibility index (Phi) is 16.2. The number of hydrogen-bond donors (Lipinski definition) is 3. The van der Waals surface area contributed by atoms with Crippen molar-refractivity contribution in [2.24, 2.45) is 5.92 Å². The maximum absolute atomic E-state index is 13.8. The molecule has 12 heteroatoms. The van der Waals surface area contributed by atoms with Crippen LogP contribution in [-0.2, 0) is 12.8 Å². The Hall–Kier alpha value is -5.46. The van der Waals surface area contributed by atoms with Gasteiger partial charge in [0.15, 0.2) is 0 Å². The molecule has 5 rings (SSSR count). The third kappa shape index (κ3) is 12.8. The van der Waals surface area contributed by atoms with Crippen LogP contribution in [0, 0.1) is 36.1 Å². The molecule has 0 bridgehead atoms. The van der Waals surface area contributed by atoms with Gasteiger partial charge in [-0.1, -0.05) is 32.9 Å². The fraction of sp³-hybridized carbons (Fsp3) is 0.318. The smallest absolute Gasteiger partial charge is 0.253 e. The number of aliphatic hydroxyl groups excluding tert-OH is 2. The number of aliphatic hydroxyl groups is 2. The predicted molar refractivity (Wildman–Crippen MR) is 207 cm³/mol. The lowest BCUT2D eigenvalue weighted by Gasteiger charge is -2.25. The number of benzene rings is 3. The lowest BCUT2D eigenvalue weighted by atomic mass is 9.93. The van der Waals surface area contributed by atoms with Crippen LogP contribution in [0.25, 0.3) is 0 Å². The van der Waals surface area contributed by atoms with Crippen LogP contribution < -0.4 is 5.32 Å². The first kappa shape index (κ1) is 43.3. The third-order valence-electron chi connectivity index (χ3n) is 8.94. The summed E-state index contributed by atoms with van der Waals surface area (Å²) in [5.41, 5.74) is 3.05. The summed E-state index contributed by atoms with van der Waals surface area (Å²) in [5, 5.41) is 24.0. The van der Waals surface area contributed by atoms with E-state index in [1.807, 2.05) is 20.8 Å². The number of halogens is 4. The second-order valence-electron chi connectivity index (χ2n) is 13.8.